The van der Waals surface area contributed by atoms with Crippen molar-refractivity contribution in [1.29, 1.82) is 0 Å². The van der Waals surface area contributed by atoms with Gasteiger partial charge in [0.2, 0.25) is 17.7 Å². The number of hydrogen-bond donors (Lipinski definition) is 0. The van der Waals surface area contributed by atoms with Crippen LogP contribution in [0.1, 0.15) is 24.0 Å². The van der Waals surface area contributed by atoms with E-state index >= 15 is 0 Å². The molecule has 0 spiro atoms. The molecular formula is C22H27N3O3. The average Bonchev–Trinajstić information content (AvgIpc) is 2.95. The maximum atomic E-state index is 12.8. The Morgan fingerprint density at radius 3 is 2.18 bits per heavy atom. The van der Waals surface area contributed by atoms with E-state index in [0.29, 0.717) is 25.9 Å². The van der Waals surface area contributed by atoms with Crippen molar-refractivity contribution in [3.63, 3.8) is 0 Å². The Labute approximate surface area is 165 Å². The predicted octanol–water partition coefficient (Wildman–Crippen LogP) is 1.90. The molecule has 0 bridgehead atoms. The van der Waals surface area contributed by atoms with E-state index in [-0.39, 0.29) is 36.1 Å². The molecule has 1 aromatic carbocycles. The number of benzene rings is 1. The van der Waals surface area contributed by atoms with Gasteiger partial charge in [-0.25, -0.2) is 0 Å². The van der Waals surface area contributed by atoms with E-state index in [0.717, 1.165) is 13.1 Å². The molecule has 148 valence electrons. The molecule has 0 unspecified atom stereocenters. The number of piperazine rings is 1. The van der Waals surface area contributed by atoms with E-state index < -0.39 is 0 Å². The highest BCUT2D eigenvalue weighted by Gasteiger charge is 2.48. The van der Waals surface area contributed by atoms with Gasteiger partial charge in [-0.15, -0.1) is 0 Å². The summed E-state index contributed by atoms with van der Waals surface area (Å²) in [6.07, 6.45) is 5.14. The third-order valence-corrected chi connectivity index (χ3v) is 6.44. The Balaban J connectivity index is 1.36. The van der Waals surface area contributed by atoms with Gasteiger partial charge in [0, 0.05) is 31.9 Å². The first-order valence-electron chi connectivity index (χ1n) is 10.1. The minimum Gasteiger partial charge on any atom is -0.368 e. The molecule has 0 aromatic heterocycles. The topological polar surface area (TPSA) is 60.9 Å². The van der Waals surface area contributed by atoms with Crippen LogP contribution in [-0.2, 0) is 14.4 Å². The Morgan fingerprint density at radius 1 is 0.964 bits per heavy atom. The van der Waals surface area contributed by atoms with E-state index in [1.807, 2.05) is 12.2 Å². The highest BCUT2D eigenvalue weighted by molar-refractivity contribution is 6.07. The first kappa shape index (κ1) is 18.7. The van der Waals surface area contributed by atoms with E-state index in [1.54, 1.807) is 4.90 Å². The Kier molecular flexibility index (Phi) is 4.96. The lowest BCUT2D eigenvalue weighted by Gasteiger charge is -2.37. The highest BCUT2D eigenvalue weighted by atomic mass is 16.2. The Morgan fingerprint density at radius 2 is 1.57 bits per heavy atom. The van der Waals surface area contributed by atoms with Gasteiger partial charge in [-0.2, -0.15) is 0 Å². The molecular weight excluding hydrogens is 354 g/mol. The van der Waals surface area contributed by atoms with E-state index in [1.165, 1.54) is 21.7 Å². The molecule has 2 heterocycles. The number of rotatable bonds is 3. The second-order valence-corrected chi connectivity index (χ2v) is 8.01. The molecule has 6 nitrogen and oxygen atoms in total. The van der Waals surface area contributed by atoms with Crippen LogP contribution >= 0.6 is 0 Å². The number of fused-ring (bicyclic) bond motifs is 1. The Bertz CT molecular complexity index is 813. The van der Waals surface area contributed by atoms with Gasteiger partial charge in [-0.3, -0.25) is 19.3 Å². The lowest BCUT2D eigenvalue weighted by Crippen LogP contribution is -2.52. The molecule has 2 saturated heterocycles. The van der Waals surface area contributed by atoms with Gasteiger partial charge in [-0.05, 0) is 43.9 Å². The first-order chi connectivity index (χ1) is 13.5. The zero-order valence-corrected chi connectivity index (χ0v) is 16.6. The van der Waals surface area contributed by atoms with Crippen LogP contribution in [0.5, 0.6) is 0 Å². The molecule has 2 fully saturated rings. The zero-order chi connectivity index (χ0) is 19.8. The van der Waals surface area contributed by atoms with Crippen molar-refractivity contribution in [2.45, 2.75) is 26.7 Å². The van der Waals surface area contributed by atoms with Gasteiger partial charge in [0.1, 0.15) is 6.54 Å². The number of imide groups is 1. The summed E-state index contributed by atoms with van der Waals surface area (Å²) < 4.78 is 0. The van der Waals surface area contributed by atoms with Crippen molar-refractivity contribution < 1.29 is 14.4 Å². The minimum atomic E-state index is -0.272. The van der Waals surface area contributed by atoms with Gasteiger partial charge >= 0.3 is 0 Å². The standard InChI is InChI=1S/C22H27N3O3/c1-15-6-5-9-19(16(15)2)23-10-12-24(13-11-23)20(26)14-25-21(27)17-7-3-4-8-18(17)22(25)28/h3-6,9,17-18H,7-8,10-14H2,1-2H3/t17-,18-/m1/s1. The molecule has 1 aromatic rings. The number of nitrogens with zero attached hydrogens (tertiary/aromatic N) is 3. The summed E-state index contributed by atoms with van der Waals surface area (Å²) in [5.74, 6) is -1.03. The zero-order valence-electron chi connectivity index (χ0n) is 16.6. The summed E-state index contributed by atoms with van der Waals surface area (Å²) in [6.45, 7) is 6.85. The number of amides is 3. The number of aryl methyl sites for hydroxylation is 1. The normalized spacial score (nSPS) is 24.7. The molecule has 0 saturated carbocycles. The van der Waals surface area contributed by atoms with E-state index in [2.05, 4.69) is 36.9 Å². The largest absolute Gasteiger partial charge is 0.368 e. The number of likely N-dealkylation sites (tertiary alicyclic amines) is 1. The van der Waals surface area contributed by atoms with E-state index in [4.69, 9.17) is 0 Å². The van der Waals surface area contributed by atoms with Crippen LogP contribution in [0.3, 0.4) is 0 Å². The van der Waals surface area contributed by atoms with Crippen LogP contribution in [0.2, 0.25) is 0 Å². The molecule has 1 aliphatic carbocycles. The van der Waals surface area contributed by atoms with Crippen LogP contribution in [0.25, 0.3) is 0 Å². The van der Waals surface area contributed by atoms with Crippen LogP contribution in [0.15, 0.2) is 30.4 Å². The monoisotopic (exact) mass is 381 g/mol. The SMILES string of the molecule is Cc1cccc(N2CCN(C(=O)CN3C(=O)[C@@H]4CC=CC[C@H]4C3=O)CC2)c1C. The fourth-order valence-electron chi connectivity index (χ4n) is 4.54. The number of allylic oxidation sites excluding steroid dienone is 2. The van der Waals surface area contributed by atoms with Gasteiger partial charge in [0.05, 0.1) is 11.8 Å². The number of carbonyl (C=O) groups is 3. The van der Waals surface area contributed by atoms with Crippen molar-refractivity contribution >= 4 is 23.4 Å². The first-order valence-corrected chi connectivity index (χ1v) is 10.1. The smallest absolute Gasteiger partial charge is 0.242 e. The second kappa shape index (κ2) is 7.41. The highest BCUT2D eigenvalue weighted by Crippen LogP contribution is 2.35. The summed E-state index contributed by atoms with van der Waals surface area (Å²) in [6, 6.07) is 6.29. The number of anilines is 1. The van der Waals surface area contributed by atoms with Gasteiger partial charge in [-0.1, -0.05) is 24.3 Å². The number of carbonyl (C=O) groups excluding carboxylic acids is 3. The minimum absolute atomic E-state index is 0.117. The second-order valence-electron chi connectivity index (χ2n) is 8.01. The quantitative estimate of drug-likeness (QED) is 0.593. The van der Waals surface area contributed by atoms with Crippen molar-refractivity contribution in [3.05, 3.63) is 41.5 Å². The Hall–Kier alpha value is -2.63. The van der Waals surface area contributed by atoms with Crippen LogP contribution in [-0.4, -0.2) is 60.2 Å². The summed E-state index contributed by atoms with van der Waals surface area (Å²) in [4.78, 5) is 43.2. The lowest BCUT2D eigenvalue weighted by atomic mass is 9.85. The van der Waals surface area contributed by atoms with Crippen LogP contribution in [0, 0.1) is 25.7 Å². The van der Waals surface area contributed by atoms with Gasteiger partial charge < -0.3 is 9.80 Å². The fourth-order valence-corrected chi connectivity index (χ4v) is 4.54. The molecule has 28 heavy (non-hydrogen) atoms. The molecule has 4 rings (SSSR count). The molecule has 3 aliphatic rings. The fraction of sp³-hybridized carbons (Fsp3) is 0.500. The van der Waals surface area contributed by atoms with Crippen LogP contribution < -0.4 is 4.90 Å². The number of hydrogen-bond acceptors (Lipinski definition) is 4. The van der Waals surface area contributed by atoms with Gasteiger partial charge in [0.25, 0.3) is 0 Å². The third-order valence-electron chi connectivity index (χ3n) is 6.44. The summed E-state index contributed by atoms with van der Waals surface area (Å²) >= 11 is 0. The average molecular weight is 381 g/mol. The molecule has 2 atom stereocenters. The van der Waals surface area contributed by atoms with Gasteiger partial charge in [0.15, 0.2) is 0 Å². The molecule has 2 aliphatic heterocycles. The van der Waals surface area contributed by atoms with E-state index in [9.17, 15) is 14.4 Å². The third kappa shape index (κ3) is 3.21. The maximum Gasteiger partial charge on any atom is 0.242 e. The summed E-state index contributed by atoms with van der Waals surface area (Å²) in [5, 5.41) is 0. The predicted molar refractivity (Wildman–Crippen MR) is 107 cm³/mol. The molecule has 0 radical (unpaired) electrons. The lowest BCUT2D eigenvalue weighted by molar-refractivity contribution is -0.146. The van der Waals surface area contributed by atoms with Crippen molar-refractivity contribution in [2.24, 2.45) is 11.8 Å². The van der Waals surface area contributed by atoms with Crippen molar-refractivity contribution in [3.8, 4) is 0 Å². The van der Waals surface area contributed by atoms with Crippen LogP contribution in [0.4, 0.5) is 5.69 Å². The summed E-state index contributed by atoms with van der Waals surface area (Å²) in [7, 11) is 0. The van der Waals surface area contributed by atoms with Crippen molar-refractivity contribution in [2.75, 3.05) is 37.6 Å². The summed E-state index contributed by atoms with van der Waals surface area (Å²) in [5.41, 5.74) is 3.75. The maximum absolute atomic E-state index is 12.8. The molecule has 0 N–H and O–H groups in total. The molecule has 3 amide bonds. The van der Waals surface area contributed by atoms with Crippen molar-refractivity contribution in [1.82, 2.24) is 9.80 Å². The molecule has 6 heteroatoms.